The zero-order chi connectivity index (χ0) is 18.4. The fraction of sp³-hybridized carbons (Fsp3) is 0.316. The standard InChI is InChI=1S/C19H20ClNO4S/c1-21(8-9-23-15-4-2-14(20)3-5-15)19(22)13-26-16-6-7-17-18(12-16)25-11-10-24-17/h2-7,12H,8-11,13H2,1H3. The molecule has 0 aliphatic carbocycles. The number of carbonyl (C=O) groups is 1. The molecule has 7 heteroatoms. The fourth-order valence-electron chi connectivity index (χ4n) is 2.32. The summed E-state index contributed by atoms with van der Waals surface area (Å²) in [6.07, 6.45) is 0. The summed E-state index contributed by atoms with van der Waals surface area (Å²) in [5.74, 6) is 2.63. The van der Waals surface area contributed by atoms with Crippen molar-refractivity contribution in [2.45, 2.75) is 4.90 Å². The number of hydrogen-bond acceptors (Lipinski definition) is 5. The van der Waals surface area contributed by atoms with E-state index in [1.54, 1.807) is 24.1 Å². The van der Waals surface area contributed by atoms with Crippen LogP contribution in [0.2, 0.25) is 5.02 Å². The highest BCUT2D eigenvalue weighted by molar-refractivity contribution is 8.00. The average Bonchev–Trinajstić information content (AvgIpc) is 2.67. The zero-order valence-electron chi connectivity index (χ0n) is 14.4. The van der Waals surface area contributed by atoms with Crippen molar-refractivity contribution in [3.05, 3.63) is 47.5 Å². The second-order valence-corrected chi connectivity index (χ2v) is 7.20. The number of thioether (sulfide) groups is 1. The Morgan fingerprint density at radius 2 is 1.88 bits per heavy atom. The third-order valence-corrected chi connectivity index (χ3v) is 5.04. The number of likely N-dealkylation sites (N-methyl/N-ethyl adjacent to an activating group) is 1. The molecule has 5 nitrogen and oxygen atoms in total. The van der Waals surface area contributed by atoms with Gasteiger partial charge in [-0.25, -0.2) is 0 Å². The van der Waals surface area contributed by atoms with Crippen LogP contribution in [0, 0.1) is 0 Å². The molecule has 0 radical (unpaired) electrons. The van der Waals surface area contributed by atoms with Crippen molar-refractivity contribution >= 4 is 29.3 Å². The number of benzene rings is 2. The number of hydrogen-bond donors (Lipinski definition) is 0. The Morgan fingerprint density at radius 1 is 1.15 bits per heavy atom. The Hall–Kier alpha value is -2.05. The second-order valence-electron chi connectivity index (χ2n) is 5.71. The van der Waals surface area contributed by atoms with Crippen molar-refractivity contribution in [3.8, 4) is 17.2 Å². The van der Waals surface area contributed by atoms with Crippen LogP contribution < -0.4 is 14.2 Å². The molecule has 0 spiro atoms. The van der Waals surface area contributed by atoms with Crippen molar-refractivity contribution in [3.63, 3.8) is 0 Å². The van der Waals surface area contributed by atoms with Gasteiger partial charge in [-0.15, -0.1) is 11.8 Å². The van der Waals surface area contributed by atoms with Crippen LogP contribution in [-0.2, 0) is 4.79 Å². The molecule has 0 saturated carbocycles. The normalized spacial score (nSPS) is 12.5. The molecule has 0 bridgehead atoms. The van der Waals surface area contributed by atoms with Crippen LogP contribution in [0.5, 0.6) is 17.2 Å². The van der Waals surface area contributed by atoms with E-state index in [-0.39, 0.29) is 5.91 Å². The Morgan fingerprint density at radius 3 is 2.65 bits per heavy atom. The average molecular weight is 394 g/mol. The number of amides is 1. The van der Waals surface area contributed by atoms with Gasteiger partial charge in [-0.2, -0.15) is 0 Å². The van der Waals surface area contributed by atoms with Gasteiger partial charge in [0.25, 0.3) is 0 Å². The summed E-state index contributed by atoms with van der Waals surface area (Å²) in [6, 6.07) is 12.9. The van der Waals surface area contributed by atoms with Gasteiger partial charge in [0.2, 0.25) is 5.91 Å². The highest BCUT2D eigenvalue weighted by Crippen LogP contribution is 2.34. The molecule has 2 aromatic carbocycles. The predicted molar refractivity (Wildman–Crippen MR) is 103 cm³/mol. The maximum absolute atomic E-state index is 12.3. The SMILES string of the molecule is CN(CCOc1ccc(Cl)cc1)C(=O)CSc1ccc2c(c1)OCCO2. The van der Waals surface area contributed by atoms with Crippen molar-refractivity contribution in [2.75, 3.05) is 39.2 Å². The van der Waals surface area contributed by atoms with Gasteiger partial charge in [-0.3, -0.25) is 4.79 Å². The number of carbonyl (C=O) groups excluding carboxylic acids is 1. The first-order valence-electron chi connectivity index (χ1n) is 8.26. The second kappa shape index (κ2) is 9.05. The summed E-state index contributed by atoms with van der Waals surface area (Å²) in [5, 5.41) is 0.667. The lowest BCUT2D eigenvalue weighted by atomic mass is 10.3. The number of nitrogens with zero attached hydrogens (tertiary/aromatic N) is 1. The molecule has 26 heavy (non-hydrogen) atoms. The summed E-state index contributed by atoms with van der Waals surface area (Å²) < 4.78 is 16.7. The Kier molecular flexibility index (Phi) is 6.52. The third kappa shape index (κ3) is 5.22. The number of fused-ring (bicyclic) bond motifs is 1. The molecule has 1 heterocycles. The van der Waals surface area contributed by atoms with E-state index in [9.17, 15) is 4.79 Å². The monoisotopic (exact) mass is 393 g/mol. The minimum atomic E-state index is 0.0459. The molecule has 1 amide bonds. The van der Waals surface area contributed by atoms with E-state index in [0.717, 1.165) is 22.1 Å². The van der Waals surface area contributed by atoms with Crippen molar-refractivity contribution in [1.29, 1.82) is 0 Å². The maximum Gasteiger partial charge on any atom is 0.232 e. The van der Waals surface area contributed by atoms with Crippen molar-refractivity contribution in [2.24, 2.45) is 0 Å². The van der Waals surface area contributed by atoms with Crippen LogP contribution >= 0.6 is 23.4 Å². The van der Waals surface area contributed by atoms with Gasteiger partial charge < -0.3 is 19.1 Å². The molecule has 0 unspecified atom stereocenters. The van der Waals surface area contributed by atoms with E-state index in [1.165, 1.54) is 11.8 Å². The molecule has 2 aromatic rings. The van der Waals surface area contributed by atoms with E-state index in [1.807, 2.05) is 30.3 Å². The van der Waals surface area contributed by atoms with Crippen LogP contribution in [-0.4, -0.2) is 50.0 Å². The summed E-state index contributed by atoms with van der Waals surface area (Å²) in [4.78, 5) is 14.9. The predicted octanol–water partition coefficient (Wildman–Crippen LogP) is 3.74. The minimum Gasteiger partial charge on any atom is -0.492 e. The van der Waals surface area contributed by atoms with Crippen molar-refractivity contribution < 1.29 is 19.0 Å². The molecule has 0 N–H and O–H groups in total. The van der Waals surface area contributed by atoms with Crippen LogP contribution in [0.4, 0.5) is 0 Å². The third-order valence-electron chi connectivity index (χ3n) is 3.81. The van der Waals surface area contributed by atoms with E-state index in [2.05, 4.69) is 0 Å². The summed E-state index contributed by atoms with van der Waals surface area (Å²) in [6.45, 7) is 2.07. The van der Waals surface area contributed by atoms with Gasteiger partial charge >= 0.3 is 0 Å². The smallest absolute Gasteiger partial charge is 0.232 e. The quantitative estimate of drug-likeness (QED) is 0.670. The first kappa shape index (κ1) is 18.7. The molecule has 1 aliphatic heterocycles. The van der Waals surface area contributed by atoms with Gasteiger partial charge in [0.05, 0.1) is 12.3 Å². The maximum atomic E-state index is 12.3. The lowest BCUT2D eigenvalue weighted by Crippen LogP contribution is -2.32. The van der Waals surface area contributed by atoms with Crippen LogP contribution in [0.3, 0.4) is 0 Å². The van der Waals surface area contributed by atoms with Gasteiger partial charge in [-0.1, -0.05) is 11.6 Å². The van der Waals surface area contributed by atoms with E-state index in [0.29, 0.717) is 37.1 Å². The van der Waals surface area contributed by atoms with Gasteiger partial charge in [-0.05, 0) is 42.5 Å². The summed E-state index contributed by atoms with van der Waals surface area (Å²) in [5.41, 5.74) is 0. The number of ether oxygens (including phenoxy) is 3. The van der Waals surface area contributed by atoms with Gasteiger partial charge in [0.15, 0.2) is 11.5 Å². The van der Waals surface area contributed by atoms with E-state index >= 15 is 0 Å². The van der Waals surface area contributed by atoms with E-state index in [4.69, 9.17) is 25.8 Å². The first-order chi connectivity index (χ1) is 12.6. The van der Waals surface area contributed by atoms with Crippen molar-refractivity contribution in [1.82, 2.24) is 4.90 Å². The molecule has 3 rings (SSSR count). The summed E-state index contributed by atoms with van der Waals surface area (Å²) >= 11 is 7.32. The largest absolute Gasteiger partial charge is 0.492 e. The molecule has 0 atom stereocenters. The topological polar surface area (TPSA) is 48.0 Å². The Balaban J connectivity index is 1.42. The Bertz CT molecular complexity index is 754. The van der Waals surface area contributed by atoms with E-state index < -0.39 is 0 Å². The molecule has 0 aromatic heterocycles. The molecule has 138 valence electrons. The minimum absolute atomic E-state index is 0.0459. The van der Waals surface area contributed by atoms with Crippen LogP contribution in [0.15, 0.2) is 47.4 Å². The Labute approximate surface area is 162 Å². The molecule has 0 fully saturated rings. The summed E-state index contributed by atoms with van der Waals surface area (Å²) in [7, 11) is 1.78. The molecular weight excluding hydrogens is 374 g/mol. The highest BCUT2D eigenvalue weighted by atomic mass is 35.5. The molecular formula is C19H20ClNO4S. The molecule has 1 aliphatic rings. The molecule has 0 saturated heterocycles. The number of rotatable bonds is 7. The zero-order valence-corrected chi connectivity index (χ0v) is 16.0. The lowest BCUT2D eigenvalue weighted by Gasteiger charge is -2.19. The van der Waals surface area contributed by atoms with Crippen LogP contribution in [0.1, 0.15) is 0 Å². The lowest BCUT2D eigenvalue weighted by molar-refractivity contribution is -0.127. The highest BCUT2D eigenvalue weighted by Gasteiger charge is 2.14. The van der Waals surface area contributed by atoms with Gasteiger partial charge in [0.1, 0.15) is 25.6 Å². The fourth-order valence-corrected chi connectivity index (χ4v) is 3.32. The van der Waals surface area contributed by atoms with Crippen LogP contribution in [0.25, 0.3) is 0 Å². The van der Waals surface area contributed by atoms with Gasteiger partial charge in [0, 0.05) is 17.0 Å². The first-order valence-corrected chi connectivity index (χ1v) is 9.63. The number of halogens is 1.